The normalized spacial score (nSPS) is 15.7. The molecule has 3 aromatic rings. The zero-order chi connectivity index (χ0) is 26.6. The molecule has 1 fully saturated rings. The minimum atomic E-state index is -4.40. The number of fused-ring (bicyclic) bond motifs is 1. The van der Waals surface area contributed by atoms with E-state index in [1.54, 1.807) is 6.07 Å². The highest BCUT2D eigenvalue weighted by atomic mass is 19.4. The van der Waals surface area contributed by atoms with Gasteiger partial charge in [-0.3, -0.25) is 4.90 Å². The number of aldehydes is 1. The van der Waals surface area contributed by atoms with Crippen LogP contribution < -0.4 is 10.2 Å². The molecule has 198 valence electrons. The summed E-state index contributed by atoms with van der Waals surface area (Å²) in [5.41, 5.74) is 2.06. The van der Waals surface area contributed by atoms with Gasteiger partial charge in [-0.1, -0.05) is 18.2 Å². The zero-order valence-corrected chi connectivity index (χ0v) is 21.6. The summed E-state index contributed by atoms with van der Waals surface area (Å²) in [6.45, 7) is 9.99. The summed E-state index contributed by atoms with van der Waals surface area (Å²) in [6.07, 6.45) is -0.824. The van der Waals surface area contributed by atoms with Crippen molar-refractivity contribution in [2.24, 2.45) is 0 Å². The van der Waals surface area contributed by atoms with Gasteiger partial charge in [-0.15, -0.1) is 5.10 Å². The van der Waals surface area contributed by atoms with E-state index in [9.17, 15) is 18.0 Å². The van der Waals surface area contributed by atoms with Crippen LogP contribution >= 0.6 is 0 Å². The molecule has 0 bridgehead atoms. The van der Waals surface area contributed by atoms with Crippen molar-refractivity contribution in [3.05, 3.63) is 58.8 Å². The van der Waals surface area contributed by atoms with Crippen LogP contribution in [-0.4, -0.2) is 54.1 Å². The number of carbonyl (C=O) groups is 1. The number of carbonyl (C=O) groups excluding carboxylic acids is 1. The highest BCUT2D eigenvalue weighted by Gasteiger charge is 2.33. The lowest BCUT2D eigenvalue weighted by Gasteiger charge is -2.36. The maximum absolute atomic E-state index is 13.4. The van der Waals surface area contributed by atoms with Crippen LogP contribution in [0.2, 0.25) is 0 Å². The number of alkyl halides is 3. The Labute approximate surface area is 215 Å². The molecule has 1 unspecified atom stereocenters. The second-order valence-electron chi connectivity index (χ2n) is 9.74. The molecule has 0 saturated carbocycles. The van der Waals surface area contributed by atoms with Crippen LogP contribution in [0.25, 0.3) is 10.8 Å². The second-order valence-corrected chi connectivity index (χ2v) is 9.74. The summed E-state index contributed by atoms with van der Waals surface area (Å²) in [7, 11) is 0. The molecular formula is C28H34F3N5O. The summed E-state index contributed by atoms with van der Waals surface area (Å²) in [4.78, 5) is 15.3. The first-order valence-corrected chi connectivity index (χ1v) is 12.8. The smallest absolute Gasteiger partial charge is 0.369 e. The largest absolute Gasteiger partial charge is 0.416 e. The van der Waals surface area contributed by atoms with E-state index < -0.39 is 17.8 Å². The maximum atomic E-state index is 13.4. The molecule has 1 aromatic heterocycles. The predicted molar refractivity (Wildman–Crippen MR) is 141 cm³/mol. The Bertz CT molecular complexity index is 1240. The first-order chi connectivity index (χ1) is 17.7. The Hall–Kier alpha value is -3.20. The Morgan fingerprint density at radius 1 is 1.03 bits per heavy atom. The van der Waals surface area contributed by atoms with E-state index in [-0.39, 0.29) is 5.56 Å². The standard InChI is InChI=1S/C28H34F3N5O/c1-19-23(8-7-9-26(19)28(29,30)31)20(2)32-27-25-18-22(10-11-24(25)21(3)33-34-27)36-15-13-35(14-16-36)12-5-4-6-17-37/h7-11,17-18,20H,4-6,12-16H2,1-3H3,(H,32,34). The summed E-state index contributed by atoms with van der Waals surface area (Å²) >= 11 is 0. The van der Waals surface area contributed by atoms with Gasteiger partial charge in [0.1, 0.15) is 6.29 Å². The van der Waals surface area contributed by atoms with E-state index in [0.717, 1.165) is 80.1 Å². The van der Waals surface area contributed by atoms with Crippen molar-refractivity contribution in [3.8, 4) is 0 Å². The minimum Gasteiger partial charge on any atom is -0.369 e. The van der Waals surface area contributed by atoms with Crippen molar-refractivity contribution in [1.29, 1.82) is 0 Å². The molecule has 0 radical (unpaired) electrons. The number of aromatic nitrogens is 2. The number of benzene rings is 2. The van der Waals surface area contributed by atoms with E-state index in [0.29, 0.717) is 17.8 Å². The van der Waals surface area contributed by atoms with Gasteiger partial charge < -0.3 is 15.0 Å². The average Bonchev–Trinajstić information content (AvgIpc) is 2.88. The molecule has 1 aliphatic heterocycles. The number of halogens is 3. The third-order valence-electron chi connectivity index (χ3n) is 7.23. The van der Waals surface area contributed by atoms with Crippen molar-refractivity contribution in [2.45, 2.75) is 52.3 Å². The maximum Gasteiger partial charge on any atom is 0.416 e. The quantitative estimate of drug-likeness (QED) is 0.283. The number of anilines is 2. The van der Waals surface area contributed by atoms with Crippen LogP contribution in [0.1, 0.15) is 54.6 Å². The zero-order valence-electron chi connectivity index (χ0n) is 21.6. The first-order valence-electron chi connectivity index (χ1n) is 12.8. The summed E-state index contributed by atoms with van der Waals surface area (Å²) < 4.78 is 40.3. The minimum absolute atomic E-state index is 0.212. The van der Waals surface area contributed by atoms with Crippen LogP contribution in [0.15, 0.2) is 36.4 Å². The van der Waals surface area contributed by atoms with E-state index in [2.05, 4.69) is 37.4 Å². The van der Waals surface area contributed by atoms with Crippen molar-refractivity contribution in [2.75, 3.05) is 42.9 Å². The van der Waals surface area contributed by atoms with Crippen molar-refractivity contribution >= 4 is 28.6 Å². The Balaban J connectivity index is 1.53. The molecule has 4 rings (SSSR count). The highest BCUT2D eigenvalue weighted by Crippen LogP contribution is 2.36. The van der Waals surface area contributed by atoms with Crippen LogP contribution in [0.4, 0.5) is 24.7 Å². The van der Waals surface area contributed by atoms with Gasteiger partial charge in [0.05, 0.1) is 17.3 Å². The second kappa shape index (κ2) is 11.5. The van der Waals surface area contributed by atoms with Gasteiger partial charge in [-0.25, -0.2) is 0 Å². The Morgan fingerprint density at radius 3 is 2.49 bits per heavy atom. The first kappa shape index (κ1) is 26.9. The van der Waals surface area contributed by atoms with Gasteiger partial charge in [0.2, 0.25) is 0 Å². The van der Waals surface area contributed by atoms with Gasteiger partial charge in [0.15, 0.2) is 5.82 Å². The molecule has 37 heavy (non-hydrogen) atoms. The number of unbranched alkanes of at least 4 members (excludes halogenated alkanes) is 2. The van der Waals surface area contributed by atoms with Crippen LogP contribution in [0.5, 0.6) is 0 Å². The lowest BCUT2D eigenvalue weighted by atomic mass is 9.97. The average molecular weight is 514 g/mol. The van der Waals surface area contributed by atoms with E-state index in [4.69, 9.17) is 0 Å². The monoisotopic (exact) mass is 513 g/mol. The number of nitrogens with zero attached hydrogens (tertiary/aromatic N) is 4. The number of piperazine rings is 1. The lowest BCUT2D eigenvalue weighted by molar-refractivity contribution is -0.138. The van der Waals surface area contributed by atoms with Gasteiger partial charge >= 0.3 is 6.18 Å². The van der Waals surface area contributed by atoms with Gasteiger partial charge in [-0.2, -0.15) is 18.3 Å². The summed E-state index contributed by atoms with van der Waals surface area (Å²) in [5.74, 6) is 0.556. The number of aryl methyl sites for hydroxylation is 1. The molecule has 9 heteroatoms. The molecule has 0 amide bonds. The SMILES string of the molecule is Cc1c(C(C)Nc2nnc(C)c3ccc(N4CCN(CCCCC=O)CC4)cc23)cccc1C(F)(F)F. The van der Waals surface area contributed by atoms with E-state index >= 15 is 0 Å². The molecule has 6 nitrogen and oxygen atoms in total. The van der Waals surface area contributed by atoms with Gasteiger partial charge in [-0.05, 0) is 69.5 Å². The van der Waals surface area contributed by atoms with Gasteiger partial charge in [0.25, 0.3) is 0 Å². The Morgan fingerprint density at radius 2 is 1.78 bits per heavy atom. The fourth-order valence-corrected chi connectivity index (χ4v) is 5.08. The molecule has 0 aliphatic carbocycles. The Kier molecular flexibility index (Phi) is 8.32. The van der Waals surface area contributed by atoms with Gasteiger partial charge in [0, 0.05) is 49.1 Å². The number of nitrogens with one attached hydrogen (secondary N) is 1. The molecular weight excluding hydrogens is 479 g/mol. The fraction of sp³-hybridized carbons (Fsp3) is 0.464. The summed E-state index contributed by atoms with van der Waals surface area (Å²) in [6, 6.07) is 10.1. The van der Waals surface area contributed by atoms with Crippen LogP contribution in [-0.2, 0) is 11.0 Å². The molecule has 1 aliphatic rings. The topological polar surface area (TPSA) is 61.4 Å². The number of hydrogen-bond acceptors (Lipinski definition) is 6. The van der Waals surface area contributed by atoms with E-state index in [1.165, 1.54) is 13.0 Å². The molecule has 1 saturated heterocycles. The van der Waals surface area contributed by atoms with E-state index in [1.807, 2.05) is 19.9 Å². The van der Waals surface area contributed by atoms with Crippen molar-refractivity contribution in [3.63, 3.8) is 0 Å². The molecule has 2 heterocycles. The van der Waals surface area contributed by atoms with Crippen LogP contribution in [0, 0.1) is 13.8 Å². The molecule has 1 atom stereocenters. The predicted octanol–water partition coefficient (Wildman–Crippen LogP) is 5.93. The highest BCUT2D eigenvalue weighted by molar-refractivity contribution is 5.95. The van der Waals surface area contributed by atoms with Crippen molar-refractivity contribution in [1.82, 2.24) is 15.1 Å². The molecule has 1 N–H and O–H groups in total. The molecule has 0 spiro atoms. The summed E-state index contributed by atoms with van der Waals surface area (Å²) in [5, 5.41) is 13.9. The fourth-order valence-electron chi connectivity index (χ4n) is 5.08. The third-order valence-corrected chi connectivity index (χ3v) is 7.23. The third kappa shape index (κ3) is 6.21. The van der Waals surface area contributed by atoms with Crippen molar-refractivity contribution < 1.29 is 18.0 Å². The number of rotatable bonds is 9. The number of hydrogen-bond donors (Lipinski definition) is 1. The molecule has 2 aromatic carbocycles. The van der Waals surface area contributed by atoms with Crippen LogP contribution in [0.3, 0.4) is 0 Å². The lowest BCUT2D eigenvalue weighted by Crippen LogP contribution is -2.46.